The molecule has 0 saturated heterocycles. The van der Waals surface area contributed by atoms with Crippen LogP contribution in [0.2, 0.25) is 0 Å². The Bertz CT molecular complexity index is 1460. The van der Waals surface area contributed by atoms with Crippen LogP contribution in [0.3, 0.4) is 0 Å². The van der Waals surface area contributed by atoms with Crippen molar-refractivity contribution in [2.24, 2.45) is 0 Å². The average Bonchev–Trinajstić information content (AvgIpc) is 3.83. The van der Waals surface area contributed by atoms with E-state index in [2.05, 4.69) is 48.5 Å². The van der Waals surface area contributed by atoms with Gasteiger partial charge < -0.3 is 0 Å². The van der Waals surface area contributed by atoms with Gasteiger partial charge in [-0.15, -0.1) is 0 Å². The lowest BCUT2D eigenvalue weighted by Gasteiger charge is -2.27. The van der Waals surface area contributed by atoms with Crippen LogP contribution in [0.1, 0.15) is 149 Å². The predicted octanol–water partition coefficient (Wildman–Crippen LogP) is 12.4. The van der Waals surface area contributed by atoms with E-state index in [1.54, 1.807) is 54.6 Å². The van der Waals surface area contributed by atoms with Crippen LogP contribution in [0.5, 0.6) is 0 Å². The van der Waals surface area contributed by atoms with E-state index in [0.717, 1.165) is 23.7 Å². The zero-order valence-corrected chi connectivity index (χ0v) is 24.2. The van der Waals surface area contributed by atoms with Crippen molar-refractivity contribution in [3.8, 4) is 0 Å². The third-order valence-electron chi connectivity index (χ3n) is 12.2. The van der Waals surface area contributed by atoms with Gasteiger partial charge in [-0.2, -0.15) is 0 Å². The number of hydrogen-bond donors (Lipinski definition) is 0. The van der Waals surface area contributed by atoms with Crippen molar-refractivity contribution in [3.05, 3.63) is 70.8 Å². The fraction of sp³-hybridized carbons (Fsp3) is 0.500. The van der Waals surface area contributed by atoms with Gasteiger partial charge in [-0.25, -0.2) is 0 Å². The van der Waals surface area contributed by atoms with Gasteiger partial charge in [0.25, 0.3) is 0 Å². The van der Waals surface area contributed by atoms with Crippen LogP contribution in [0.25, 0.3) is 43.1 Å². The fourth-order valence-electron chi connectivity index (χ4n) is 10.3. The first-order chi connectivity index (χ1) is 19.9. The maximum Gasteiger partial charge on any atom is -0.00204 e. The molecule has 4 aliphatic rings. The summed E-state index contributed by atoms with van der Waals surface area (Å²) in [6.45, 7) is 0. The molecule has 0 nitrogen and oxygen atoms in total. The van der Waals surface area contributed by atoms with Gasteiger partial charge in [0.2, 0.25) is 0 Å². The van der Waals surface area contributed by atoms with E-state index in [4.69, 9.17) is 0 Å². The molecule has 0 spiro atoms. The molecule has 4 aliphatic carbocycles. The lowest BCUT2D eigenvalue weighted by molar-refractivity contribution is 0.724. The Morgan fingerprint density at radius 1 is 0.275 bits per heavy atom. The molecule has 4 saturated carbocycles. The summed E-state index contributed by atoms with van der Waals surface area (Å²) < 4.78 is 0. The minimum atomic E-state index is 0.730. The normalized spacial score (nSPS) is 22.0. The first-order valence-corrected chi connectivity index (χ1v) is 17.1. The van der Waals surface area contributed by atoms with Crippen LogP contribution in [0, 0.1) is 0 Å². The summed E-state index contributed by atoms with van der Waals surface area (Å²) in [4.78, 5) is 0. The van der Waals surface area contributed by atoms with Gasteiger partial charge in [-0.05, 0) is 140 Å². The van der Waals surface area contributed by atoms with Crippen LogP contribution in [0.15, 0.2) is 48.5 Å². The second-order valence-corrected chi connectivity index (χ2v) is 14.2. The highest BCUT2D eigenvalue weighted by atomic mass is 14.3. The molecular formula is C40H44. The SMILES string of the molecule is c1cc2ccc(C3CCCC3)c3c4c(C5CCCC5)ccc5ccc(C6CCCC6)c(c(c1C1CCCC1)c23)c54. The Hall–Kier alpha value is -2.60. The monoisotopic (exact) mass is 524 g/mol. The zero-order valence-electron chi connectivity index (χ0n) is 24.2. The van der Waals surface area contributed by atoms with Crippen LogP contribution in [-0.2, 0) is 0 Å². The maximum atomic E-state index is 2.58. The highest BCUT2D eigenvalue weighted by Gasteiger charge is 2.31. The highest BCUT2D eigenvalue weighted by Crippen LogP contribution is 2.54. The van der Waals surface area contributed by atoms with Gasteiger partial charge >= 0.3 is 0 Å². The van der Waals surface area contributed by atoms with E-state index in [-0.39, 0.29) is 0 Å². The molecule has 0 amide bonds. The third-order valence-corrected chi connectivity index (χ3v) is 12.2. The van der Waals surface area contributed by atoms with Gasteiger partial charge in [0.05, 0.1) is 0 Å². The van der Waals surface area contributed by atoms with Crippen LogP contribution in [0.4, 0.5) is 0 Å². The Kier molecular flexibility index (Phi) is 5.69. The molecule has 0 atom stereocenters. The summed E-state index contributed by atoms with van der Waals surface area (Å²) in [5, 5.41) is 13.0. The second-order valence-electron chi connectivity index (χ2n) is 14.2. The molecule has 0 aliphatic heterocycles. The zero-order chi connectivity index (χ0) is 26.2. The van der Waals surface area contributed by atoms with E-state index in [1.807, 2.05) is 0 Å². The van der Waals surface area contributed by atoms with Crippen molar-refractivity contribution in [2.45, 2.75) is 126 Å². The second kappa shape index (κ2) is 9.47. The number of benzene rings is 5. The summed E-state index contributed by atoms with van der Waals surface area (Å²) in [6, 6.07) is 20.4. The van der Waals surface area contributed by atoms with Gasteiger partial charge in [-0.3, -0.25) is 0 Å². The Balaban J connectivity index is 1.53. The number of rotatable bonds is 4. The van der Waals surface area contributed by atoms with Crippen molar-refractivity contribution in [2.75, 3.05) is 0 Å². The smallest absolute Gasteiger partial charge is 0.00204 e. The highest BCUT2D eigenvalue weighted by molar-refractivity contribution is 6.35. The summed E-state index contributed by atoms with van der Waals surface area (Å²) in [6.07, 6.45) is 22.2. The van der Waals surface area contributed by atoms with Crippen molar-refractivity contribution in [1.29, 1.82) is 0 Å². The summed E-state index contributed by atoms with van der Waals surface area (Å²) in [7, 11) is 0. The quantitative estimate of drug-likeness (QED) is 0.162. The van der Waals surface area contributed by atoms with Crippen LogP contribution >= 0.6 is 0 Å². The lowest BCUT2D eigenvalue weighted by Crippen LogP contribution is -2.05. The van der Waals surface area contributed by atoms with E-state index < -0.39 is 0 Å². The third kappa shape index (κ3) is 3.50. The number of hydrogen-bond acceptors (Lipinski definition) is 0. The first kappa shape index (κ1) is 24.0. The molecule has 5 aromatic rings. The maximum absolute atomic E-state index is 2.58. The minimum absolute atomic E-state index is 0.730. The van der Waals surface area contributed by atoms with Gasteiger partial charge in [0.15, 0.2) is 0 Å². The van der Waals surface area contributed by atoms with E-state index in [1.165, 1.54) is 114 Å². The molecule has 0 heterocycles. The average molecular weight is 525 g/mol. The Morgan fingerprint density at radius 2 is 0.500 bits per heavy atom. The molecule has 204 valence electrons. The largest absolute Gasteiger partial charge is 0.0575 e. The molecule has 4 fully saturated rings. The van der Waals surface area contributed by atoms with Crippen LogP contribution < -0.4 is 0 Å². The standard InChI is InChI=1S/C40H44/c1-2-10-25(9-1)31-21-17-29-18-23-33(27-13-5-6-14-27)39-35(29)37(31)38-32(26-11-3-4-12-26)22-19-30-20-24-34(40(39)36(30)38)28-15-7-8-16-28/h17-28H,1-16H2. The molecule has 5 aromatic carbocycles. The van der Waals surface area contributed by atoms with Crippen LogP contribution in [-0.4, -0.2) is 0 Å². The Labute approximate surface area is 239 Å². The summed E-state index contributed by atoms with van der Waals surface area (Å²) >= 11 is 0. The topological polar surface area (TPSA) is 0 Å². The number of fused-ring (bicyclic) bond motifs is 2. The molecule has 40 heavy (non-hydrogen) atoms. The lowest BCUT2D eigenvalue weighted by atomic mass is 9.76. The molecule has 0 aromatic heterocycles. The van der Waals surface area contributed by atoms with Gasteiger partial charge in [0, 0.05) is 0 Å². The molecule has 0 radical (unpaired) electrons. The van der Waals surface area contributed by atoms with Crippen molar-refractivity contribution in [1.82, 2.24) is 0 Å². The van der Waals surface area contributed by atoms with E-state index in [9.17, 15) is 0 Å². The predicted molar refractivity (Wildman–Crippen MR) is 172 cm³/mol. The summed E-state index contributed by atoms with van der Waals surface area (Å²) in [5.74, 6) is 2.92. The van der Waals surface area contributed by atoms with Crippen molar-refractivity contribution < 1.29 is 0 Å². The molecular weight excluding hydrogens is 480 g/mol. The molecule has 9 rings (SSSR count). The molecule has 0 N–H and O–H groups in total. The van der Waals surface area contributed by atoms with Gasteiger partial charge in [0.1, 0.15) is 0 Å². The fourth-order valence-corrected chi connectivity index (χ4v) is 10.3. The van der Waals surface area contributed by atoms with Crippen molar-refractivity contribution in [3.63, 3.8) is 0 Å². The van der Waals surface area contributed by atoms with E-state index in [0.29, 0.717) is 0 Å². The van der Waals surface area contributed by atoms with Crippen molar-refractivity contribution >= 4 is 43.1 Å². The molecule has 0 bridgehead atoms. The Morgan fingerprint density at radius 3 is 0.725 bits per heavy atom. The molecule has 0 unspecified atom stereocenters. The molecule has 0 heteroatoms. The first-order valence-electron chi connectivity index (χ1n) is 17.1. The van der Waals surface area contributed by atoms with Gasteiger partial charge in [-0.1, -0.05) is 99.9 Å². The minimum Gasteiger partial charge on any atom is -0.0575 e. The summed E-state index contributed by atoms with van der Waals surface area (Å²) in [5.41, 5.74) is 6.77. The van der Waals surface area contributed by atoms with E-state index >= 15 is 0 Å².